The average Bonchev–Trinajstić information content (AvgIpc) is 2.68. The number of nitro benzene ring substituents is 1. The Kier molecular flexibility index (Phi) is 3.81. The van der Waals surface area contributed by atoms with Crippen molar-refractivity contribution >= 4 is 17.1 Å². The van der Waals surface area contributed by atoms with E-state index in [1.807, 2.05) is 36.2 Å². The van der Waals surface area contributed by atoms with E-state index < -0.39 is 4.92 Å². The van der Waals surface area contributed by atoms with E-state index in [0.29, 0.717) is 12.1 Å². The Bertz CT molecular complexity index is 933. The minimum atomic E-state index is -0.433. The van der Waals surface area contributed by atoms with Crippen LogP contribution >= 0.6 is 0 Å². The number of nitrogens with zero attached hydrogens (tertiary/aromatic N) is 4. The third kappa shape index (κ3) is 2.47. The van der Waals surface area contributed by atoms with Crippen molar-refractivity contribution in [1.29, 1.82) is 5.26 Å². The van der Waals surface area contributed by atoms with E-state index in [0.717, 1.165) is 16.8 Å². The first kappa shape index (κ1) is 16.1. The van der Waals surface area contributed by atoms with Crippen molar-refractivity contribution in [3.8, 4) is 6.07 Å². The lowest BCUT2D eigenvalue weighted by Gasteiger charge is -2.44. The first-order valence-electron chi connectivity index (χ1n) is 8.29. The molecule has 0 saturated heterocycles. The summed E-state index contributed by atoms with van der Waals surface area (Å²) in [4.78, 5) is 18.2. The lowest BCUT2D eigenvalue weighted by atomic mass is 9.77. The molecular formula is C19H16N4O3. The van der Waals surface area contributed by atoms with Crippen molar-refractivity contribution < 1.29 is 9.76 Å². The zero-order valence-electron chi connectivity index (χ0n) is 14.1. The standard InChI is InChI=1S/C19H16N4O3/c1-22-18-5-3-2-4-14(18)16(11-20)15-10-17(21-26-19(15)22)12-6-8-13(9-7-12)23(24)25/h2-9,15-16,19H,10H2,1H3/t15-,16-,19-/m1/s1. The molecule has 130 valence electrons. The van der Waals surface area contributed by atoms with Crippen LogP contribution in [0.2, 0.25) is 0 Å². The summed E-state index contributed by atoms with van der Waals surface area (Å²) in [7, 11) is 1.94. The Morgan fingerprint density at radius 1 is 1.27 bits per heavy atom. The van der Waals surface area contributed by atoms with E-state index in [1.54, 1.807) is 12.1 Å². The van der Waals surface area contributed by atoms with E-state index in [9.17, 15) is 15.4 Å². The molecule has 0 bridgehead atoms. The normalized spacial score (nSPS) is 23.8. The number of para-hydroxylation sites is 1. The van der Waals surface area contributed by atoms with Crippen LogP contribution < -0.4 is 4.90 Å². The van der Waals surface area contributed by atoms with Gasteiger partial charge in [-0.3, -0.25) is 10.1 Å². The second-order valence-corrected chi connectivity index (χ2v) is 6.48. The van der Waals surface area contributed by atoms with Crippen molar-refractivity contribution in [3.63, 3.8) is 0 Å². The highest BCUT2D eigenvalue weighted by atomic mass is 16.7. The number of non-ortho nitro benzene ring substituents is 1. The smallest absolute Gasteiger partial charge is 0.269 e. The molecule has 7 nitrogen and oxygen atoms in total. The molecule has 0 aromatic heterocycles. The molecule has 0 spiro atoms. The maximum Gasteiger partial charge on any atom is 0.269 e. The summed E-state index contributed by atoms with van der Waals surface area (Å²) < 4.78 is 0. The topological polar surface area (TPSA) is 91.8 Å². The van der Waals surface area contributed by atoms with Crippen LogP contribution in [0.15, 0.2) is 53.7 Å². The summed E-state index contributed by atoms with van der Waals surface area (Å²) >= 11 is 0. The van der Waals surface area contributed by atoms with Crippen LogP contribution in [-0.4, -0.2) is 23.9 Å². The van der Waals surface area contributed by atoms with Gasteiger partial charge in [0.15, 0.2) is 0 Å². The average molecular weight is 348 g/mol. The maximum absolute atomic E-state index is 10.8. The molecule has 2 heterocycles. The highest BCUT2D eigenvalue weighted by molar-refractivity contribution is 6.01. The van der Waals surface area contributed by atoms with Gasteiger partial charge in [0, 0.05) is 37.2 Å². The highest BCUT2D eigenvalue weighted by Gasteiger charge is 2.44. The first-order valence-corrected chi connectivity index (χ1v) is 8.29. The molecule has 2 aromatic rings. The predicted octanol–water partition coefficient (Wildman–Crippen LogP) is 3.42. The van der Waals surface area contributed by atoms with E-state index in [-0.39, 0.29) is 23.8 Å². The quantitative estimate of drug-likeness (QED) is 0.612. The van der Waals surface area contributed by atoms with Gasteiger partial charge in [-0.05, 0) is 29.3 Å². The molecule has 0 N–H and O–H groups in total. The van der Waals surface area contributed by atoms with Crippen LogP contribution in [0.3, 0.4) is 0 Å². The zero-order chi connectivity index (χ0) is 18.3. The maximum atomic E-state index is 10.8. The van der Waals surface area contributed by atoms with Crippen LogP contribution in [0.4, 0.5) is 11.4 Å². The van der Waals surface area contributed by atoms with Gasteiger partial charge >= 0.3 is 0 Å². The van der Waals surface area contributed by atoms with Crippen molar-refractivity contribution in [3.05, 3.63) is 69.8 Å². The minimum Gasteiger partial charge on any atom is -0.370 e. The number of hydrogen-bond donors (Lipinski definition) is 0. The summed E-state index contributed by atoms with van der Waals surface area (Å²) in [6, 6.07) is 16.5. The Morgan fingerprint density at radius 3 is 2.69 bits per heavy atom. The molecule has 2 aliphatic rings. The van der Waals surface area contributed by atoms with Gasteiger partial charge in [-0.1, -0.05) is 23.4 Å². The molecule has 0 saturated carbocycles. The van der Waals surface area contributed by atoms with Crippen molar-refractivity contribution in [2.75, 3.05) is 11.9 Å². The molecule has 4 rings (SSSR count). The van der Waals surface area contributed by atoms with Crippen LogP contribution in [0, 0.1) is 27.4 Å². The second kappa shape index (κ2) is 6.15. The van der Waals surface area contributed by atoms with Crippen molar-refractivity contribution in [2.45, 2.75) is 18.6 Å². The largest absolute Gasteiger partial charge is 0.370 e. The van der Waals surface area contributed by atoms with E-state index in [4.69, 9.17) is 4.84 Å². The summed E-state index contributed by atoms with van der Waals surface area (Å²) in [5, 5.41) is 24.8. The SMILES string of the molecule is CN1c2ccccc2[C@@H](C#N)[C@H]2CC(c3ccc([N+](=O)[O-])cc3)=NO[C@H]21. The van der Waals surface area contributed by atoms with Crippen LogP contribution in [0.25, 0.3) is 0 Å². The Labute approximate surface area is 150 Å². The fourth-order valence-electron chi connectivity index (χ4n) is 3.75. The van der Waals surface area contributed by atoms with Gasteiger partial charge in [0.1, 0.15) is 0 Å². The van der Waals surface area contributed by atoms with Gasteiger partial charge in [0.25, 0.3) is 5.69 Å². The fraction of sp³-hybridized carbons (Fsp3) is 0.263. The number of nitriles is 1. The lowest BCUT2D eigenvalue weighted by Crippen LogP contribution is -2.48. The van der Waals surface area contributed by atoms with Gasteiger partial charge in [0.05, 0.1) is 22.6 Å². The van der Waals surface area contributed by atoms with Crippen molar-refractivity contribution in [2.24, 2.45) is 11.1 Å². The number of fused-ring (bicyclic) bond motifs is 2. The van der Waals surface area contributed by atoms with Gasteiger partial charge in [-0.2, -0.15) is 5.26 Å². The third-order valence-electron chi connectivity index (χ3n) is 5.08. The summed E-state index contributed by atoms with van der Waals surface area (Å²) in [6.07, 6.45) is 0.260. The first-order chi connectivity index (χ1) is 12.6. The van der Waals surface area contributed by atoms with E-state index >= 15 is 0 Å². The molecule has 0 fully saturated rings. The number of benzene rings is 2. The molecular weight excluding hydrogens is 332 g/mol. The summed E-state index contributed by atoms with van der Waals surface area (Å²) in [5.74, 6) is -0.362. The van der Waals surface area contributed by atoms with Gasteiger partial charge in [-0.15, -0.1) is 0 Å². The molecule has 7 heteroatoms. The Balaban J connectivity index is 1.68. The third-order valence-corrected chi connectivity index (χ3v) is 5.08. The van der Waals surface area contributed by atoms with Gasteiger partial charge < -0.3 is 9.74 Å². The predicted molar refractivity (Wildman–Crippen MR) is 95.8 cm³/mol. The zero-order valence-corrected chi connectivity index (χ0v) is 14.1. The molecule has 0 radical (unpaired) electrons. The number of anilines is 1. The Hall–Kier alpha value is -3.40. The lowest BCUT2D eigenvalue weighted by molar-refractivity contribution is -0.384. The monoisotopic (exact) mass is 348 g/mol. The van der Waals surface area contributed by atoms with Crippen LogP contribution in [-0.2, 0) is 4.84 Å². The fourth-order valence-corrected chi connectivity index (χ4v) is 3.75. The summed E-state index contributed by atoms with van der Waals surface area (Å²) in [5.41, 5.74) is 3.48. The molecule has 0 aliphatic carbocycles. The number of nitro groups is 1. The van der Waals surface area contributed by atoms with E-state index in [1.165, 1.54) is 12.1 Å². The number of rotatable bonds is 2. The van der Waals surface area contributed by atoms with Gasteiger partial charge in [0.2, 0.25) is 6.23 Å². The minimum absolute atomic E-state index is 0.0326. The molecule has 3 atom stereocenters. The van der Waals surface area contributed by atoms with E-state index in [2.05, 4.69) is 11.2 Å². The van der Waals surface area contributed by atoms with Gasteiger partial charge in [-0.25, -0.2) is 0 Å². The highest BCUT2D eigenvalue weighted by Crippen LogP contribution is 2.44. The summed E-state index contributed by atoms with van der Waals surface area (Å²) in [6.45, 7) is 0. The van der Waals surface area contributed by atoms with Crippen LogP contribution in [0.1, 0.15) is 23.5 Å². The second-order valence-electron chi connectivity index (χ2n) is 6.48. The Morgan fingerprint density at radius 2 is 2.00 bits per heavy atom. The van der Waals surface area contributed by atoms with Crippen molar-refractivity contribution in [1.82, 2.24) is 0 Å². The number of oxime groups is 1. The molecule has 26 heavy (non-hydrogen) atoms. The van der Waals surface area contributed by atoms with Crippen LogP contribution in [0.5, 0.6) is 0 Å². The molecule has 2 aromatic carbocycles. The molecule has 2 aliphatic heterocycles. The molecule has 0 unspecified atom stereocenters. The number of hydrogen-bond acceptors (Lipinski definition) is 6. The molecule has 0 amide bonds.